The Labute approximate surface area is 153 Å². The van der Waals surface area contributed by atoms with Gasteiger partial charge in [0.1, 0.15) is 0 Å². The highest BCUT2D eigenvalue weighted by atomic mass is 127. The van der Waals surface area contributed by atoms with E-state index in [-0.39, 0.29) is 24.0 Å². The molecule has 2 aliphatic rings. The molecule has 0 aromatic carbocycles. The minimum Gasteiger partial charge on any atom is -0.357 e. The number of hydrogen-bond donors (Lipinski definition) is 2. The van der Waals surface area contributed by atoms with Crippen LogP contribution in [0.1, 0.15) is 45.4 Å². The maximum atomic E-state index is 4.76. The fraction of sp³-hybridized carbons (Fsp3) is 0.824. The second-order valence-corrected chi connectivity index (χ2v) is 6.42. The Kier molecular flexibility index (Phi) is 10.1. The van der Waals surface area contributed by atoms with E-state index < -0.39 is 0 Å². The minimum absolute atomic E-state index is 0. The number of aliphatic imine (C=N–C) groups is 1. The van der Waals surface area contributed by atoms with Crippen molar-refractivity contribution in [2.75, 3.05) is 39.8 Å². The fourth-order valence-corrected chi connectivity index (χ4v) is 3.21. The number of nitrogens with one attached hydrogen (secondary N) is 2. The van der Waals surface area contributed by atoms with Gasteiger partial charge in [0.25, 0.3) is 0 Å². The van der Waals surface area contributed by atoms with E-state index in [0.29, 0.717) is 0 Å². The molecule has 0 bridgehead atoms. The number of likely N-dealkylation sites (tertiary alicyclic amines) is 1. The van der Waals surface area contributed by atoms with Crippen LogP contribution in [0.25, 0.3) is 0 Å². The Hall–Kier alpha value is -0.300. The molecule has 1 saturated heterocycles. The highest BCUT2D eigenvalue weighted by Gasteiger charge is 2.18. The van der Waals surface area contributed by atoms with Crippen LogP contribution in [0.2, 0.25) is 0 Å². The third-order valence-corrected chi connectivity index (χ3v) is 4.46. The molecule has 22 heavy (non-hydrogen) atoms. The average molecular weight is 420 g/mol. The molecule has 0 radical (unpaired) electrons. The number of rotatable bonds is 6. The lowest BCUT2D eigenvalue weighted by molar-refractivity contribution is 0.397. The van der Waals surface area contributed by atoms with E-state index in [9.17, 15) is 0 Å². The summed E-state index contributed by atoms with van der Waals surface area (Å²) in [4.78, 5) is 7.16. The molecule has 4 nitrogen and oxygen atoms in total. The molecule has 1 unspecified atom stereocenters. The standard InChI is InChI=1S/C17H32N4.HI/c1-3-18-17(20-13-16-10-12-21(2)14-16)19-11-9-15-7-5-4-6-8-15;/h7,16H,3-6,8-14H2,1-2H3,(H2,18,19,20);1H. The zero-order valence-electron chi connectivity index (χ0n) is 14.2. The van der Waals surface area contributed by atoms with Gasteiger partial charge < -0.3 is 15.5 Å². The van der Waals surface area contributed by atoms with Crippen molar-refractivity contribution in [3.63, 3.8) is 0 Å². The summed E-state index contributed by atoms with van der Waals surface area (Å²) >= 11 is 0. The van der Waals surface area contributed by atoms with Gasteiger partial charge in [0.2, 0.25) is 0 Å². The van der Waals surface area contributed by atoms with Gasteiger partial charge in [0.15, 0.2) is 5.96 Å². The zero-order valence-corrected chi connectivity index (χ0v) is 16.6. The number of hydrogen-bond acceptors (Lipinski definition) is 2. The van der Waals surface area contributed by atoms with Crippen LogP contribution < -0.4 is 10.6 Å². The third-order valence-electron chi connectivity index (χ3n) is 4.46. The Morgan fingerprint density at radius 1 is 1.36 bits per heavy atom. The van der Waals surface area contributed by atoms with Crippen molar-refractivity contribution in [1.82, 2.24) is 15.5 Å². The second-order valence-electron chi connectivity index (χ2n) is 6.42. The first kappa shape index (κ1) is 19.7. The number of guanidine groups is 1. The summed E-state index contributed by atoms with van der Waals surface area (Å²) in [5.74, 6) is 1.72. The van der Waals surface area contributed by atoms with Crippen molar-refractivity contribution in [2.24, 2.45) is 10.9 Å². The second kappa shape index (κ2) is 11.3. The zero-order chi connectivity index (χ0) is 14.9. The Bertz CT molecular complexity index is 368. The molecule has 2 N–H and O–H groups in total. The minimum atomic E-state index is 0. The van der Waals surface area contributed by atoms with Gasteiger partial charge in [-0.1, -0.05) is 11.6 Å². The molecular weight excluding hydrogens is 387 g/mol. The van der Waals surface area contributed by atoms with Crippen LogP contribution in [0, 0.1) is 5.92 Å². The Morgan fingerprint density at radius 2 is 2.23 bits per heavy atom. The fourth-order valence-electron chi connectivity index (χ4n) is 3.21. The van der Waals surface area contributed by atoms with Gasteiger partial charge in [0.05, 0.1) is 0 Å². The number of halogens is 1. The molecule has 1 aliphatic heterocycles. The molecule has 128 valence electrons. The summed E-state index contributed by atoms with van der Waals surface area (Å²) in [5.41, 5.74) is 1.63. The first-order valence-corrected chi connectivity index (χ1v) is 8.66. The summed E-state index contributed by atoms with van der Waals surface area (Å²) in [6.07, 6.45) is 10.2. The van der Waals surface area contributed by atoms with Crippen LogP contribution in [0.15, 0.2) is 16.6 Å². The van der Waals surface area contributed by atoms with Crippen LogP contribution in [0.5, 0.6) is 0 Å². The average Bonchev–Trinajstić information content (AvgIpc) is 2.91. The van der Waals surface area contributed by atoms with Gasteiger partial charge >= 0.3 is 0 Å². The van der Waals surface area contributed by atoms with Crippen molar-refractivity contribution in [2.45, 2.75) is 45.4 Å². The van der Waals surface area contributed by atoms with Crippen molar-refractivity contribution < 1.29 is 0 Å². The summed E-state index contributed by atoms with van der Waals surface area (Å²) in [6, 6.07) is 0. The van der Waals surface area contributed by atoms with E-state index in [2.05, 4.69) is 35.6 Å². The molecule has 0 saturated carbocycles. The van der Waals surface area contributed by atoms with Crippen molar-refractivity contribution in [1.29, 1.82) is 0 Å². The lowest BCUT2D eigenvalue weighted by atomic mass is 9.97. The molecule has 0 spiro atoms. The van der Waals surface area contributed by atoms with E-state index in [1.807, 2.05) is 0 Å². The van der Waals surface area contributed by atoms with E-state index >= 15 is 0 Å². The number of allylic oxidation sites excluding steroid dienone is 1. The molecule has 0 aromatic heterocycles. The van der Waals surface area contributed by atoms with Crippen LogP contribution >= 0.6 is 24.0 Å². The molecule has 1 heterocycles. The van der Waals surface area contributed by atoms with E-state index in [1.54, 1.807) is 5.57 Å². The molecule has 0 aromatic rings. The molecule has 0 amide bonds. The van der Waals surface area contributed by atoms with E-state index in [1.165, 1.54) is 45.2 Å². The maximum absolute atomic E-state index is 4.76. The lowest BCUT2D eigenvalue weighted by Gasteiger charge is -2.15. The molecule has 5 heteroatoms. The first-order chi connectivity index (χ1) is 10.3. The normalized spacial score (nSPS) is 22.9. The topological polar surface area (TPSA) is 39.7 Å². The van der Waals surface area contributed by atoms with E-state index in [4.69, 9.17) is 4.99 Å². The van der Waals surface area contributed by atoms with Crippen LogP contribution in [0.4, 0.5) is 0 Å². The van der Waals surface area contributed by atoms with Gasteiger partial charge in [-0.2, -0.15) is 0 Å². The summed E-state index contributed by atoms with van der Waals surface area (Å²) in [7, 11) is 2.20. The molecule has 1 fully saturated rings. The predicted octanol–water partition coefficient (Wildman–Crippen LogP) is 3.00. The van der Waals surface area contributed by atoms with Crippen molar-refractivity contribution >= 4 is 29.9 Å². The SMILES string of the molecule is CCNC(=NCC1CCN(C)C1)NCCC1=CCCCC1.I. The van der Waals surface area contributed by atoms with Crippen molar-refractivity contribution in [3.05, 3.63) is 11.6 Å². The monoisotopic (exact) mass is 420 g/mol. The van der Waals surface area contributed by atoms with Gasteiger partial charge in [-0.3, -0.25) is 4.99 Å². The molecule has 1 aliphatic carbocycles. The quantitative estimate of drug-likeness (QED) is 0.300. The molecule has 2 rings (SSSR count). The van der Waals surface area contributed by atoms with Crippen LogP contribution in [-0.4, -0.2) is 50.6 Å². The van der Waals surface area contributed by atoms with Gasteiger partial charge in [-0.15, -0.1) is 24.0 Å². The summed E-state index contributed by atoms with van der Waals surface area (Å²) in [5, 5.41) is 6.85. The van der Waals surface area contributed by atoms with Gasteiger partial charge in [-0.05, 0) is 65.0 Å². The first-order valence-electron chi connectivity index (χ1n) is 8.66. The molecular formula is C17H33IN4. The Balaban J connectivity index is 0.00000242. The third kappa shape index (κ3) is 7.31. The largest absolute Gasteiger partial charge is 0.357 e. The van der Waals surface area contributed by atoms with Gasteiger partial charge in [-0.25, -0.2) is 0 Å². The van der Waals surface area contributed by atoms with Crippen LogP contribution in [-0.2, 0) is 0 Å². The smallest absolute Gasteiger partial charge is 0.191 e. The summed E-state index contributed by atoms with van der Waals surface area (Å²) in [6.45, 7) is 7.42. The van der Waals surface area contributed by atoms with E-state index in [0.717, 1.165) is 37.9 Å². The lowest BCUT2D eigenvalue weighted by Crippen LogP contribution is -2.38. The Morgan fingerprint density at radius 3 is 2.86 bits per heavy atom. The molecule has 1 atom stereocenters. The highest BCUT2D eigenvalue weighted by molar-refractivity contribution is 14.0. The predicted molar refractivity (Wildman–Crippen MR) is 106 cm³/mol. The highest BCUT2D eigenvalue weighted by Crippen LogP contribution is 2.19. The number of nitrogens with zero attached hydrogens (tertiary/aromatic N) is 2. The van der Waals surface area contributed by atoms with Crippen LogP contribution in [0.3, 0.4) is 0 Å². The van der Waals surface area contributed by atoms with Gasteiger partial charge in [0, 0.05) is 26.2 Å². The van der Waals surface area contributed by atoms with Crippen molar-refractivity contribution in [3.8, 4) is 0 Å². The summed E-state index contributed by atoms with van der Waals surface area (Å²) < 4.78 is 0. The maximum Gasteiger partial charge on any atom is 0.191 e.